The number of halogens is 1. The van der Waals surface area contributed by atoms with Crippen molar-refractivity contribution in [2.45, 2.75) is 18.4 Å². The second-order valence-corrected chi connectivity index (χ2v) is 4.21. The van der Waals surface area contributed by atoms with Gasteiger partial charge in [0.05, 0.1) is 12.9 Å². The predicted molar refractivity (Wildman–Crippen MR) is 65.5 cm³/mol. The molecule has 3 unspecified atom stereocenters. The average molecular weight is 289 g/mol. The van der Waals surface area contributed by atoms with Gasteiger partial charge in [0.2, 0.25) is 0 Å². The molecule has 0 fully saturated rings. The van der Waals surface area contributed by atoms with E-state index in [-0.39, 0.29) is 10.8 Å². The quantitative estimate of drug-likeness (QED) is 0.626. The van der Waals surface area contributed by atoms with Crippen molar-refractivity contribution in [1.29, 1.82) is 0 Å². The molecule has 0 aliphatic rings. The van der Waals surface area contributed by atoms with Gasteiger partial charge in [0, 0.05) is 7.11 Å². The van der Waals surface area contributed by atoms with Crippen LogP contribution in [0.25, 0.3) is 11.2 Å². The Kier molecular flexibility index (Phi) is 4.27. The number of hydrogen-bond acceptors (Lipinski definition) is 7. The molecule has 0 bridgehead atoms. The SMILES string of the molecule is COC(CO)C(O)C(O)n1cnc2c(Cl)ncnc21. The summed E-state index contributed by atoms with van der Waals surface area (Å²) in [6.07, 6.45) is -1.15. The van der Waals surface area contributed by atoms with E-state index in [9.17, 15) is 10.2 Å². The van der Waals surface area contributed by atoms with Crippen LogP contribution in [-0.4, -0.2) is 60.8 Å². The fourth-order valence-corrected chi connectivity index (χ4v) is 1.87. The molecule has 3 N–H and O–H groups in total. The fraction of sp³-hybridized carbons (Fsp3) is 0.500. The van der Waals surface area contributed by atoms with E-state index in [1.807, 2.05) is 0 Å². The number of rotatable bonds is 5. The largest absolute Gasteiger partial charge is 0.394 e. The number of aliphatic hydroxyl groups excluding tert-OH is 3. The Balaban J connectivity index is 2.36. The Morgan fingerprint density at radius 2 is 2.11 bits per heavy atom. The summed E-state index contributed by atoms with van der Waals surface area (Å²) in [6, 6.07) is 0. The highest BCUT2D eigenvalue weighted by atomic mass is 35.5. The number of nitrogens with zero attached hydrogens (tertiary/aromatic N) is 4. The number of aliphatic hydroxyl groups is 3. The number of hydrogen-bond donors (Lipinski definition) is 3. The van der Waals surface area contributed by atoms with E-state index in [2.05, 4.69) is 15.0 Å². The molecule has 2 heterocycles. The van der Waals surface area contributed by atoms with E-state index in [1.165, 1.54) is 24.3 Å². The van der Waals surface area contributed by atoms with Crippen LogP contribution in [0, 0.1) is 0 Å². The van der Waals surface area contributed by atoms with Crippen LogP contribution in [0.4, 0.5) is 0 Å². The Labute approximate surface area is 113 Å². The molecule has 2 rings (SSSR count). The van der Waals surface area contributed by atoms with Crippen molar-refractivity contribution in [3.8, 4) is 0 Å². The van der Waals surface area contributed by atoms with Crippen LogP contribution in [0.2, 0.25) is 5.15 Å². The molecule has 2 aromatic heterocycles. The van der Waals surface area contributed by atoms with Crippen molar-refractivity contribution in [2.75, 3.05) is 13.7 Å². The Bertz CT molecular complexity index is 559. The third kappa shape index (κ3) is 2.53. The van der Waals surface area contributed by atoms with E-state index in [0.717, 1.165) is 0 Å². The highest BCUT2D eigenvalue weighted by Gasteiger charge is 2.28. The van der Waals surface area contributed by atoms with Crippen LogP contribution in [-0.2, 0) is 4.74 Å². The molecule has 2 aromatic rings. The Hall–Kier alpha value is -1.32. The molecule has 9 heteroatoms. The molecule has 0 amide bonds. The third-order valence-corrected chi connectivity index (χ3v) is 3.04. The molecule has 0 aliphatic heterocycles. The molecule has 0 aliphatic carbocycles. The summed E-state index contributed by atoms with van der Waals surface area (Å²) in [7, 11) is 1.32. The maximum atomic E-state index is 10.1. The zero-order valence-corrected chi connectivity index (χ0v) is 10.8. The van der Waals surface area contributed by atoms with Gasteiger partial charge >= 0.3 is 0 Å². The van der Waals surface area contributed by atoms with E-state index in [1.54, 1.807) is 0 Å². The minimum atomic E-state index is -1.38. The van der Waals surface area contributed by atoms with Gasteiger partial charge in [0.15, 0.2) is 17.0 Å². The Morgan fingerprint density at radius 3 is 2.74 bits per heavy atom. The Morgan fingerprint density at radius 1 is 1.37 bits per heavy atom. The lowest BCUT2D eigenvalue weighted by Crippen LogP contribution is -2.38. The maximum Gasteiger partial charge on any atom is 0.167 e. The van der Waals surface area contributed by atoms with Gasteiger partial charge in [-0.2, -0.15) is 0 Å². The van der Waals surface area contributed by atoms with Crippen molar-refractivity contribution >= 4 is 22.8 Å². The van der Waals surface area contributed by atoms with Crippen LogP contribution in [0.1, 0.15) is 6.23 Å². The van der Waals surface area contributed by atoms with Crippen LogP contribution >= 0.6 is 11.6 Å². The maximum absolute atomic E-state index is 10.1. The third-order valence-electron chi connectivity index (χ3n) is 2.77. The van der Waals surface area contributed by atoms with Gasteiger partial charge in [-0.05, 0) is 0 Å². The smallest absolute Gasteiger partial charge is 0.167 e. The summed E-state index contributed by atoms with van der Waals surface area (Å²) >= 11 is 5.84. The number of methoxy groups -OCH3 is 1. The zero-order valence-electron chi connectivity index (χ0n) is 10.0. The van der Waals surface area contributed by atoms with Gasteiger partial charge in [-0.3, -0.25) is 4.57 Å². The van der Waals surface area contributed by atoms with Crippen molar-refractivity contribution in [1.82, 2.24) is 19.5 Å². The molecule has 0 saturated heterocycles. The van der Waals surface area contributed by atoms with Crippen LogP contribution in [0.3, 0.4) is 0 Å². The fourth-order valence-electron chi connectivity index (χ4n) is 1.70. The van der Waals surface area contributed by atoms with E-state index in [0.29, 0.717) is 5.52 Å². The van der Waals surface area contributed by atoms with E-state index < -0.39 is 25.0 Å². The molecule has 19 heavy (non-hydrogen) atoms. The molecular formula is C10H13ClN4O4. The van der Waals surface area contributed by atoms with Crippen LogP contribution in [0.15, 0.2) is 12.7 Å². The van der Waals surface area contributed by atoms with Crippen molar-refractivity contribution in [3.63, 3.8) is 0 Å². The first-order valence-corrected chi connectivity index (χ1v) is 5.80. The van der Waals surface area contributed by atoms with Crippen molar-refractivity contribution < 1.29 is 20.1 Å². The number of fused-ring (bicyclic) bond motifs is 1. The molecule has 0 saturated carbocycles. The van der Waals surface area contributed by atoms with Crippen molar-refractivity contribution in [3.05, 3.63) is 17.8 Å². The number of aromatic nitrogens is 4. The van der Waals surface area contributed by atoms with Crippen LogP contribution < -0.4 is 0 Å². The summed E-state index contributed by atoms with van der Waals surface area (Å²) in [5.74, 6) is 0. The summed E-state index contributed by atoms with van der Waals surface area (Å²) < 4.78 is 6.10. The first-order valence-electron chi connectivity index (χ1n) is 5.43. The lowest BCUT2D eigenvalue weighted by Gasteiger charge is -2.24. The first-order chi connectivity index (χ1) is 9.10. The second-order valence-electron chi connectivity index (χ2n) is 3.85. The standard InChI is InChI=1S/C10H13ClN4O4/c1-19-5(2-16)7(17)10(18)15-4-14-6-8(11)12-3-13-9(6)15/h3-5,7,10,16-18H,2H2,1H3. The first kappa shape index (κ1) is 14.1. The molecule has 3 atom stereocenters. The summed E-state index contributed by atoms with van der Waals surface area (Å²) in [4.78, 5) is 11.7. The van der Waals surface area contributed by atoms with Crippen LogP contribution in [0.5, 0.6) is 0 Å². The summed E-state index contributed by atoms with van der Waals surface area (Å²) in [5.41, 5.74) is 0.590. The van der Waals surface area contributed by atoms with Gasteiger partial charge in [-0.25, -0.2) is 15.0 Å². The molecule has 0 aromatic carbocycles. The van der Waals surface area contributed by atoms with Gasteiger partial charge in [0.1, 0.15) is 24.1 Å². The molecule has 8 nitrogen and oxygen atoms in total. The molecular weight excluding hydrogens is 276 g/mol. The van der Waals surface area contributed by atoms with Crippen molar-refractivity contribution in [2.24, 2.45) is 0 Å². The van der Waals surface area contributed by atoms with Gasteiger partial charge < -0.3 is 20.1 Å². The van der Waals surface area contributed by atoms with Gasteiger partial charge in [-0.15, -0.1) is 0 Å². The highest BCUT2D eigenvalue weighted by Crippen LogP contribution is 2.22. The number of imidazole rings is 1. The van der Waals surface area contributed by atoms with E-state index in [4.69, 9.17) is 21.4 Å². The predicted octanol–water partition coefficient (Wildman–Crippen LogP) is -0.661. The number of ether oxygens (including phenoxy) is 1. The second kappa shape index (κ2) is 5.76. The average Bonchev–Trinajstić information content (AvgIpc) is 2.84. The lowest BCUT2D eigenvalue weighted by molar-refractivity contribution is -0.116. The zero-order chi connectivity index (χ0) is 14.0. The monoisotopic (exact) mass is 288 g/mol. The normalized spacial score (nSPS) is 16.5. The molecule has 104 valence electrons. The van der Waals surface area contributed by atoms with Gasteiger partial charge in [0.25, 0.3) is 0 Å². The molecule has 0 spiro atoms. The lowest BCUT2D eigenvalue weighted by atomic mass is 10.2. The topological polar surface area (TPSA) is 114 Å². The minimum absolute atomic E-state index is 0.149. The summed E-state index contributed by atoms with van der Waals surface area (Å²) in [6.45, 7) is -0.433. The highest BCUT2D eigenvalue weighted by molar-refractivity contribution is 6.33. The van der Waals surface area contributed by atoms with Gasteiger partial charge in [-0.1, -0.05) is 11.6 Å². The summed E-state index contributed by atoms with van der Waals surface area (Å²) in [5, 5.41) is 29.2. The minimum Gasteiger partial charge on any atom is -0.394 e. The van der Waals surface area contributed by atoms with E-state index >= 15 is 0 Å². The molecule has 0 radical (unpaired) electrons.